The molecule has 6 nitrogen and oxygen atoms in total. The van der Waals surface area contributed by atoms with Gasteiger partial charge in [0.1, 0.15) is 15.6 Å². The van der Waals surface area contributed by atoms with Crippen molar-refractivity contribution in [1.29, 1.82) is 0 Å². The maximum absolute atomic E-state index is 12.6. The maximum atomic E-state index is 12.6. The highest BCUT2D eigenvalue weighted by Crippen LogP contribution is 2.30. The van der Waals surface area contributed by atoms with E-state index in [0.717, 1.165) is 35.6 Å². The number of ether oxygens (including phenoxy) is 2. The molecule has 0 saturated carbocycles. The Bertz CT molecular complexity index is 837. The Morgan fingerprint density at radius 3 is 2.43 bits per heavy atom. The topological polar surface area (TPSA) is 68.7 Å². The van der Waals surface area contributed by atoms with Gasteiger partial charge in [0, 0.05) is 17.6 Å². The van der Waals surface area contributed by atoms with Crippen LogP contribution in [0.3, 0.4) is 0 Å². The normalized spacial score (nSPS) is 19.4. The first-order valence-corrected chi connectivity index (χ1v) is 10.3. The van der Waals surface area contributed by atoms with Crippen LogP contribution in [-0.4, -0.2) is 47.6 Å². The van der Waals surface area contributed by atoms with E-state index < -0.39 is 5.97 Å². The van der Waals surface area contributed by atoms with Gasteiger partial charge in [-0.25, -0.2) is 9.78 Å². The molecule has 150 valence electrons. The maximum Gasteiger partial charge on any atom is 0.350 e. The minimum absolute atomic E-state index is 0.134. The van der Waals surface area contributed by atoms with E-state index in [1.165, 1.54) is 11.3 Å². The second-order valence-electron chi connectivity index (χ2n) is 7.17. The summed E-state index contributed by atoms with van der Waals surface area (Å²) in [6, 6.07) is 7.86. The Balaban J connectivity index is 1.66. The number of esters is 1. The van der Waals surface area contributed by atoms with E-state index in [1.54, 1.807) is 14.0 Å². The third kappa shape index (κ3) is 4.35. The van der Waals surface area contributed by atoms with Crippen molar-refractivity contribution in [3.05, 3.63) is 34.8 Å². The smallest absolute Gasteiger partial charge is 0.350 e. The van der Waals surface area contributed by atoms with Crippen LogP contribution >= 0.6 is 11.3 Å². The van der Waals surface area contributed by atoms with Crippen molar-refractivity contribution in [2.75, 3.05) is 13.7 Å². The summed E-state index contributed by atoms with van der Waals surface area (Å²) in [7, 11) is 1.61. The number of carbonyl (C=O) groups is 2. The van der Waals surface area contributed by atoms with Crippen LogP contribution in [0.5, 0.6) is 5.75 Å². The molecule has 1 amide bonds. The first-order chi connectivity index (χ1) is 13.4. The monoisotopic (exact) mass is 402 g/mol. The van der Waals surface area contributed by atoms with Crippen molar-refractivity contribution in [1.82, 2.24) is 9.88 Å². The number of rotatable bonds is 5. The summed E-state index contributed by atoms with van der Waals surface area (Å²) in [6.45, 7) is 5.63. The van der Waals surface area contributed by atoms with E-state index in [4.69, 9.17) is 9.47 Å². The zero-order valence-corrected chi connectivity index (χ0v) is 17.5. The van der Waals surface area contributed by atoms with Gasteiger partial charge in [0.05, 0.1) is 12.8 Å². The summed E-state index contributed by atoms with van der Waals surface area (Å²) < 4.78 is 10.5. The van der Waals surface area contributed by atoms with Gasteiger partial charge in [-0.05, 0) is 64.3 Å². The molecule has 1 aromatic carbocycles. The Hall–Kier alpha value is -2.41. The van der Waals surface area contributed by atoms with E-state index in [9.17, 15) is 9.59 Å². The highest BCUT2D eigenvalue weighted by atomic mass is 32.1. The minimum atomic E-state index is -0.500. The van der Waals surface area contributed by atoms with E-state index in [-0.39, 0.29) is 24.6 Å². The molecule has 1 aromatic heterocycles. The fourth-order valence-corrected chi connectivity index (χ4v) is 4.59. The van der Waals surface area contributed by atoms with E-state index in [0.29, 0.717) is 10.6 Å². The average molecular weight is 403 g/mol. The summed E-state index contributed by atoms with van der Waals surface area (Å²) in [5.41, 5.74) is 1.51. The molecular formula is C21H26N2O4S. The highest BCUT2D eigenvalue weighted by Gasteiger charge is 2.29. The van der Waals surface area contributed by atoms with Gasteiger partial charge in [-0.15, -0.1) is 11.3 Å². The molecule has 0 bridgehead atoms. The quantitative estimate of drug-likeness (QED) is 0.705. The Morgan fingerprint density at radius 1 is 1.18 bits per heavy atom. The van der Waals surface area contributed by atoms with Crippen molar-refractivity contribution in [2.45, 2.75) is 52.1 Å². The molecule has 0 N–H and O–H groups in total. The lowest BCUT2D eigenvalue weighted by Gasteiger charge is -2.38. The molecule has 1 aliphatic rings. The van der Waals surface area contributed by atoms with Crippen LogP contribution in [0.2, 0.25) is 0 Å². The van der Waals surface area contributed by atoms with E-state index >= 15 is 0 Å². The number of aromatic nitrogens is 1. The van der Waals surface area contributed by atoms with Crippen molar-refractivity contribution >= 4 is 23.2 Å². The molecule has 0 spiro atoms. The number of thiazole rings is 1. The number of benzene rings is 1. The standard InChI is InChI=1S/C21H26N2O4S/c1-13-6-5-7-14(2)23(13)18(24)12-27-21(25)19-15(3)22-20(28-19)16-8-10-17(26-4)11-9-16/h8-11,13-14H,5-7,12H2,1-4H3/t13-,14+. The van der Waals surface area contributed by atoms with Crippen LogP contribution in [0.1, 0.15) is 48.5 Å². The zero-order valence-electron chi connectivity index (χ0n) is 16.7. The van der Waals surface area contributed by atoms with E-state index in [2.05, 4.69) is 4.98 Å². The SMILES string of the molecule is COc1ccc(-c2nc(C)c(C(=O)OCC(=O)N3[C@H](C)CCC[C@@H]3C)s2)cc1. The molecule has 0 aliphatic carbocycles. The van der Waals surface area contributed by atoms with Gasteiger partial charge in [-0.1, -0.05) is 0 Å². The third-order valence-electron chi connectivity index (χ3n) is 5.13. The van der Waals surface area contributed by atoms with Gasteiger partial charge >= 0.3 is 5.97 Å². The number of piperidine rings is 1. The molecule has 2 aromatic rings. The van der Waals surface area contributed by atoms with Crippen LogP contribution in [0, 0.1) is 6.92 Å². The van der Waals surface area contributed by atoms with Crippen LogP contribution in [-0.2, 0) is 9.53 Å². The predicted octanol–water partition coefficient (Wildman–Crippen LogP) is 4.07. The summed E-state index contributed by atoms with van der Waals surface area (Å²) in [5.74, 6) is 0.127. The highest BCUT2D eigenvalue weighted by molar-refractivity contribution is 7.17. The van der Waals surface area contributed by atoms with Crippen molar-refractivity contribution < 1.29 is 19.1 Å². The lowest BCUT2D eigenvalue weighted by molar-refractivity contribution is -0.140. The van der Waals surface area contributed by atoms with Crippen molar-refractivity contribution in [3.63, 3.8) is 0 Å². The summed E-state index contributed by atoms with van der Waals surface area (Å²) in [5, 5.41) is 0.733. The van der Waals surface area contributed by atoms with Gasteiger partial charge in [0.15, 0.2) is 6.61 Å². The lowest BCUT2D eigenvalue weighted by Crippen LogP contribution is -2.49. The summed E-state index contributed by atoms with van der Waals surface area (Å²) in [4.78, 5) is 31.8. The number of hydrogen-bond acceptors (Lipinski definition) is 6. The molecule has 1 fully saturated rings. The number of methoxy groups -OCH3 is 1. The predicted molar refractivity (Wildman–Crippen MR) is 109 cm³/mol. The van der Waals surface area contributed by atoms with Gasteiger partial charge in [-0.3, -0.25) is 4.79 Å². The van der Waals surface area contributed by atoms with Crippen molar-refractivity contribution in [3.8, 4) is 16.3 Å². The first kappa shape index (κ1) is 20.3. The fourth-order valence-electron chi connectivity index (χ4n) is 3.62. The molecule has 2 atom stereocenters. The molecule has 3 rings (SSSR count). The second-order valence-corrected chi connectivity index (χ2v) is 8.17. The van der Waals surface area contributed by atoms with Crippen LogP contribution in [0.25, 0.3) is 10.6 Å². The second kappa shape index (κ2) is 8.73. The van der Waals surface area contributed by atoms with Gasteiger partial charge in [-0.2, -0.15) is 0 Å². The number of amides is 1. The molecule has 1 saturated heterocycles. The first-order valence-electron chi connectivity index (χ1n) is 9.51. The fraction of sp³-hybridized carbons (Fsp3) is 0.476. The number of aryl methyl sites for hydroxylation is 1. The Kier molecular flexibility index (Phi) is 6.34. The largest absolute Gasteiger partial charge is 0.497 e. The van der Waals surface area contributed by atoms with Crippen LogP contribution in [0.4, 0.5) is 0 Å². The minimum Gasteiger partial charge on any atom is -0.497 e. The number of nitrogens with zero attached hydrogens (tertiary/aromatic N) is 2. The number of likely N-dealkylation sites (tertiary alicyclic amines) is 1. The van der Waals surface area contributed by atoms with Gasteiger partial charge in [0.2, 0.25) is 0 Å². The van der Waals surface area contributed by atoms with Gasteiger partial charge < -0.3 is 14.4 Å². The summed E-state index contributed by atoms with van der Waals surface area (Å²) >= 11 is 1.27. The lowest BCUT2D eigenvalue weighted by atomic mass is 9.97. The van der Waals surface area contributed by atoms with Crippen LogP contribution in [0.15, 0.2) is 24.3 Å². The average Bonchev–Trinajstić information content (AvgIpc) is 3.08. The zero-order chi connectivity index (χ0) is 20.3. The molecule has 2 heterocycles. The summed E-state index contributed by atoms with van der Waals surface area (Å²) in [6.07, 6.45) is 3.10. The molecule has 1 aliphatic heterocycles. The Morgan fingerprint density at radius 2 is 1.82 bits per heavy atom. The van der Waals surface area contributed by atoms with E-state index in [1.807, 2.05) is 43.0 Å². The van der Waals surface area contributed by atoms with Gasteiger partial charge in [0.25, 0.3) is 5.91 Å². The molecule has 0 unspecified atom stereocenters. The molecule has 0 radical (unpaired) electrons. The number of carbonyl (C=O) groups excluding carboxylic acids is 2. The molecule has 28 heavy (non-hydrogen) atoms. The Labute approximate surface area is 169 Å². The number of hydrogen-bond donors (Lipinski definition) is 0. The van der Waals surface area contributed by atoms with Crippen molar-refractivity contribution in [2.24, 2.45) is 0 Å². The molecular weight excluding hydrogens is 376 g/mol. The van der Waals surface area contributed by atoms with Crippen LogP contribution < -0.4 is 4.74 Å². The third-order valence-corrected chi connectivity index (χ3v) is 6.31. The molecule has 7 heteroatoms.